The molecule has 0 spiro atoms. The van der Waals surface area contributed by atoms with Crippen LogP contribution >= 0.6 is 15.9 Å². The Bertz CT molecular complexity index is 994. The van der Waals surface area contributed by atoms with Gasteiger partial charge in [-0.15, -0.1) is 0 Å². The summed E-state index contributed by atoms with van der Waals surface area (Å²) in [5, 5.41) is 11.0. The van der Waals surface area contributed by atoms with Crippen LogP contribution in [0.15, 0.2) is 62.2 Å². The molecular formula is C20H19BrN2O3. The van der Waals surface area contributed by atoms with Gasteiger partial charge in [-0.1, -0.05) is 28.1 Å². The second-order valence-electron chi connectivity index (χ2n) is 6.48. The van der Waals surface area contributed by atoms with Gasteiger partial charge >= 0.3 is 5.63 Å². The first-order chi connectivity index (χ1) is 12.6. The second kappa shape index (κ2) is 7.13. The Morgan fingerprint density at radius 2 is 1.81 bits per heavy atom. The minimum atomic E-state index is -0.321. The number of benzene rings is 2. The van der Waals surface area contributed by atoms with Crippen molar-refractivity contribution in [2.24, 2.45) is 0 Å². The van der Waals surface area contributed by atoms with Crippen LogP contribution in [0.3, 0.4) is 0 Å². The molecule has 6 heteroatoms. The third kappa shape index (κ3) is 3.48. The molecule has 3 aromatic rings. The van der Waals surface area contributed by atoms with Crippen LogP contribution in [-0.4, -0.2) is 36.2 Å². The van der Waals surface area contributed by atoms with E-state index in [1.807, 2.05) is 36.4 Å². The number of fused-ring (bicyclic) bond motifs is 1. The molecule has 0 atom stereocenters. The van der Waals surface area contributed by atoms with E-state index in [1.54, 1.807) is 12.1 Å². The number of rotatable bonds is 3. The highest BCUT2D eigenvalue weighted by molar-refractivity contribution is 9.10. The van der Waals surface area contributed by atoms with Crippen molar-refractivity contribution in [2.45, 2.75) is 6.54 Å². The van der Waals surface area contributed by atoms with Crippen LogP contribution in [0.4, 0.5) is 5.69 Å². The third-order valence-corrected chi connectivity index (χ3v) is 5.27. The number of aromatic hydroxyl groups is 1. The summed E-state index contributed by atoms with van der Waals surface area (Å²) in [5.41, 5.74) is 2.15. The zero-order chi connectivity index (χ0) is 18.1. The van der Waals surface area contributed by atoms with E-state index in [0.717, 1.165) is 47.3 Å². The molecule has 0 bridgehead atoms. The maximum Gasteiger partial charge on any atom is 0.336 e. The van der Waals surface area contributed by atoms with E-state index in [1.165, 1.54) is 0 Å². The number of halogens is 1. The Balaban J connectivity index is 1.51. The lowest BCUT2D eigenvalue weighted by Crippen LogP contribution is -2.46. The molecule has 4 rings (SSSR count). The van der Waals surface area contributed by atoms with Crippen LogP contribution in [0.2, 0.25) is 0 Å². The fourth-order valence-corrected chi connectivity index (χ4v) is 3.79. The van der Waals surface area contributed by atoms with Crippen LogP contribution in [0.25, 0.3) is 11.0 Å². The maximum absolute atomic E-state index is 11.9. The van der Waals surface area contributed by atoms with Gasteiger partial charge < -0.3 is 14.4 Å². The molecule has 26 heavy (non-hydrogen) atoms. The van der Waals surface area contributed by atoms with E-state index in [2.05, 4.69) is 25.7 Å². The molecule has 2 aromatic carbocycles. The van der Waals surface area contributed by atoms with Gasteiger partial charge in [-0.05, 0) is 35.9 Å². The number of phenolic OH excluding ortho intramolecular Hbond substituents is 1. The molecule has 1 saturated heterocycles. The molecule has 1 aromatic heterocycles. The van der Waals surface area contributed by atoms with Gasteiger partial charge in [0.25, 0.3) is 0 Å². The summed E-state index contributed by atoms with van der Waals surface area (Å²) in [4.78, 5) is 16.4. The average molecular weight is 415 g/mol. The maximum atomic E-state index is 11.9. The summed E-state index contributed by atoms with van der Waals surface area (Å²) < 4.78 is 6.21. The highest BCUT2D eigenvalue weighted by Gasteiger charge is 2.20. The molecule has 0 radical (unpaired) electrons. The van der Waals surface area contributed by atoms with Crippen LogP contribution in [0.5, 0.6) is 5.75 Å². The number of piperazine rings is 1. The fourth-order valence-electron chi connectivity index (χ4n) is 3.45. The van der Waals surface area contributed by atoms with Crippen molar-refractivity contribution in [1.82, 2.24) is 4.90 Å². The predicted molar refractivity (Wildman–Crippen MR) is 106 cm³/mol. The van der Waals surface area contributed by atoms with Crippen molar-refractivity contribution < 1.29 is 9.52 Å². The molecule has 0 aliphatic carbocycles. The standard InChI is InChI=1S/C20H19BrN2O3/c21-15-5-6-16-14(11-20(25)26-19(16)12-15)13-22-7-9-23(10-8-22)17-3-1-2-4-18(17)24/h1-6,11-12,24H,7-10,13H2. The summed E-state index contributed by atoms with van der Waals surface area (Å²) in [6.45, 7) is 4.11. The van der Waals surface area contributed by atoms with Crippen LogP contribution in [0, 0.1) is 0 Å². The largest absolute Gasteiger partial charge is 0.506 e. The molecule has 134 valence electrons. The van der Waals surface area contributed by atoms with Crippen LogP contribution in [-0.2, 0) is 6.54 Å². The monoisotopic (exact) mass is 414 g/mol. The van der Waals surface area contributed by atoms with E-state index < -0.39 is 0 Å². The minimum Gasteiger partial charge on any atom is -0.506 e. The van der Waals surface area contributed by atoms with Crippen molar-refractivity contribution >= 4 is 32.6 Å². The van der Waals surface area contributed by atoms with Crippen molar-refractivity contribution in [2.75, 3.05) is 31.1 Å². The molecular weight excluding hydrogens is 396 g/mol. The lowest BCUT2D eigenvalue weighted by Gasteiger charge is -2.36. The van der Waals surface area contributed by atoms with Gasteiger partial charge in [0, 0.05) is 48.6 Å². The van der Waals surface area contributed by atoms with Crippen LogP contribution in [0.1, 0.15) is 5.56 Å². The van der Waals surface area contributed by atoms with E-state index in [-0.39, 0.29) is 5.63 Å². The minimum absolute atomic E-state index is 0.318. The Morgan fingerprint density at radius 1 is 1.04 bits per heavy atom. The third-order valence-electron chi connectivity index (χ3n) is 4.78. The number of phenols is 1. The van der Waals surface area contributed by atoms with Gasteiger partial charge in [0.1, 0.15) is 11.3 Å². The number of nitrogens with zero attached hydrogens (tertiary/aromatic N) is 2. The molecule has 0 amide bonds. The van der Waals surface area contributed by atoms with Gasteiger partial charge in [0.05, 0.1) is 5.69 Å². The van der Waals surface area contributed by atoms with Gasteiger partial charge in [0.15, 0.2) is 0 Å². The van der Waals surface area contributed by atoms with Gasteiger partial charge in [-0.2, -0.15) is 0 Å². The SMILES string of the molecule is O=c1cc(CN2CCN(c3ccccc3O)CC2)c2ccc(Br)cc2o1. The molecule has 0 saturated carbocycles. The van der Waals surface area contributed by atoms with Crippen molar-refractivity contribution in [3.63, 3.8) is 0 Å². The zero-order valence-electron chi connectivity index (χ0n) is 14.2. The van der Waals surface area contributed by atoms with Gasteiger partial charge in [-0.3, -0.25) is 4.90 Å². The number of hydrogen-bond donors (Lipinski definition) is 1. The molecule has 1 aliphatic heterocycles. The molecule has 0 unspecified atom stereocenters. The lowest BCUT2D eigenvalue weighted by molar-refractivity contribution is 0.249. The summed E-state index contributed by atoms with van der Waals surface area (Å²) in [7, 11) is 0. The topological polar surface area (TPSA) is 56.9 Å². The quantitative estimate of drug-likeness (QED) is 0.663. The van der Waals surface area contributed by atoms with E-state index >= 15 is 0 Å². The summed E-state index contributed by atoms with van der Waals surface area (Å²) in [5.74, 6) is 0.318. The number of hydrogen-bond acceptors (Lipinski definition) is 5. The molecule has 1 aliphatic rings. The Kier molecular flexibility index (Phi) is 4.70. The molecule has 5 nitrogen and oxygen atoms in total. The van der Waals surface area contributed by atoms with Crippen molar-refractivity contribution in [3.8, 4) is 5.75 Å². The fraction of sp³-hybridized carbons (Fsp3) is 0.250. The van der Waals surface area contributed by atoms with E-state index in [0.29, 0.717) is 17.9 Å². The van der Waals surface area contributed by atoms with Crippen molar-refractivity contribution in [3.05, 3.63) is 69.0 Å². The second-order valence-corrected chi connectivity index (χ2v) is 7.40. The van der Waals surface area contributed by atoms with Gasteiger partial charge in [-0.25, -0.2) is 4.79 Å². The summed E-state index contributed by atoms with van der Waals surface area (Å²) >= 11 is 3.42. The normalized spacial score (nSPS) is 15.5. The highest BCUT2D eigenvalue weighted by atomic mass is 79.9. The Morgan fingerprint density at radius 3 is 2.58 bits per heavy atom. The first-order valence-corrected chi connectivity index (χ1v) is 9.37. The van der Waals surface area contributed by atoms with E-state index in [9.17, 15) is 9.90 Å². The average Bonchev–Trinajstić information content (AvgIpc) is 2.62. The smallest absolute Gasteiger partial charge is 0.336 e. The summed E-state index contributed by atoms with van der Waals surface area (Å²) in [6.07, 6.45) is 0. The molecule has 1 fully saturated rings. The highest BCUT2D eigenvalue weighted by Crippen LogP contribution is 2.28. The Hall–Kier alpha value is -2.31. The number of para-hydroxylation sites is 2. The lowest BCUT2D eigenvalue weighted by atomic mass is 10.1. The number of anilines is 1. The van der Waals surface area contributed by atoms with Crippen molar-refractivity contribution in [1.29, 1.82) is 0 Å². The van der Waals surface area contributed by atoms with Crippen LogP contribution < -0.4 is 10.5 Å². The van der Waals surface area contributed by atoms with Gasteiger partial charge in [0.2, 0.25) is 0 Å². The molecule has 2 heterocycles. The zero-order valence-corrected chi connectivity index (χ0v) is 15.8. The first-order valence-electron chi connectivity index (χ1n) is 8.58. The predicted octanol–water partition coefficient (Wildman–Crippen LogP) is 3.58. The summed E-state index contributed by atoms with van der Waals surface area (Å²) in [6, 6.07) is 14.8. The first kappa shape index (κ1) is 17.1. The van der Waals surface area contributed by atoms with E-state index in [4.69, 9.17) is 4.42 Å². The molecule has 1 N–H and O–H groups in total. The Labute approximate surface area is 159 Å².